The summed E-state index contributed by atoms with van der Waals surface area (Å²) < 4.78 is 1.78. The van der Waals surface area contributed by atoms with Crippen molar-refractivity contribution in [3.8, 4) is 0 Å². The number of anilines is 1. The zero-order valence-electron chi connectivity index (χ0n) is 16.5. The van der Waals surface area contributed by atoms with Crippen molar-refractivity contribution in [3.63, 3.8) is 0 Å². The molecule has 1 N–H and O–H groups in total. The fourth-order valence-electron chi connectivity index (χ4n) is 4.39. The SMILES string of the molecule is CC(C)c1ccc([C@H]2CC(=O)C3=C(C2)Nc2ncnn2[C@@H]3c2cccnc2)cc1. The van der Waals surface area contributed by atoms with Crippen LogP contribution in [-0.2, 0) is 4.79 Å². The molecule has 2 aromatic heterocycles. The molecule has 29 heavy (non-hydrogen) atoms. The molecule has 0 spiro atoms. The molecule has 0 saturated carbocycles. The van der Waals surface area contributed by atoms with Gasteiger partial charge >= 0.3 is 0 Å². The van der Waals surface area contributed by atoms with Gasteiger partial charge in [0.15, 0.2) is 5.78 Å². The quantitative estimate of drug-likeness (QED) is 0.731. The molecule has 6 nitrogen and oxygen atoms in total. The van der Waals surface area contributed by atoms with Crippen LogP contribution in [0.25, 0.3) is 0 Å². The van der Waals surface area contributed by atoms with Gasteiger partial charge in [-0.1, -0.05) is 44.2 Å². The van der Waals surface area contributed by atoms with E-state index in [9.17, 15) is 4.79 Å². The number of hydrogen-bond acceptors (Lipinski definition) is 5. The van der Waals surface area contributed by atoms with E-state index in [2.05, 4.69) is 58.5 Å². The molecule has 5 rings (SSSR count). The molecular formula is C23H23N5O. The average Bonchev–Trinajstić information content (AvgIpc) is 3.21. The second-order valence-corrected chi connectivity index (χ2v) is 8.08. The Morgan fingerprint density at radius 3 is 2.66 bits per heavy atom. The van der Waals surface area contributed by atoms with Crippen molar-refractivity contribution in [1.82, 2.24) is 19.7 Å². The van der Waals surface area contributed by atoms with Gasteiger partial charge in [-0.15, -0.1) is 0 Å². The molecule has 1 aliphatic heterocycles. The number of ketones is 1. The van der Waals surface area contributed by atoms with Crippen molar-refractivity contribution in [2.75, 3.05) is 5.32 Å². The topological polar surface area (TPSA) is 72.7 Å². The number of rotatable bonds is 3. The van der Waals surface area contributed by atoms with Crippen LogP contribution in [0, 0.1) is 0 Å². The first kappa shape index (κ1) is 17.8. The third kappa shape index (κ3) is 3.05. The molecule has 0 radical (unpaired) electrons. The summed E-state index contributed by atoms with van der Waals surface area (Å²) in [7, 11) is 0. The highest BCUT2D eigenvalue weighted by molar-refractivity contribution is 6.00. The molecule has 3 heterocycles. The second kappa shape index (κ2) is 6.95. The van der Waals surface area contributed by atoms with Crippen LogP contribution in [-0.4, -0.2) is 25.5 Å². The smallest absolute Gasteiger partial charge is 0.226 e. The van der Waals surface area contributed by atoms with Gasteiger partial charge in [0, 0.05) is 30.1 Å². The molecule has 0 unspecified atom stereocenters. The van der Waals surface area contributed by atoms with E-state index in [1.165, 1.54) is 17.5 Å². The Kier molecular flexibility index (Phi) is 4.27. The summed E-state index contributed by atoms with van der Waals surface area (Å²) in [6.07, 6.45) is 6.35. The standard InChI is InChI=1S/C23H23N5O/c1-14(2)15-5-7-16(8-6-15)18-10-19-21(20(29)11-18)22(17-4-3-9-24-12-17)28-23(27-19)25-13-26-28/h3-9,12-14,18,22H,10-11H2,1-2H3,(H,25,26,27)/t18-,22-/m1/s1. The highest BCUT2D eigenvalue weighted by Gasteiger charge is 2.39. The van der Waals surface area contributed by atoms with Gasteiger partial charge in [0.05, 0.1) is 0 Å². The van der Waals surface area contributed by atoms with Crippen LogP contribution in [0.3, 0.4) is 0 Å². The summed E-state index contributed by atoms with van der Waals surface area (Å²) in [5, 5.41) is 7.74. The first-order valence-corrected chi connectivity index (χ1v) is 10.0. The predicted octanol–water partition coefficient (Wildman–Crippen LogP) is 4.21. The Hall–Kier alpha value is -3.28. The van der Waals surface area contributed by atoms with Crippen molar-refractivity contribution in [2.45, 2.75) is 44.6 Å². The third-order valence-corrected chi connectivity index (χ3v) is 5.94. The minimum absolute atomic E-state index is 0.159. The number of pyridine rings is 1. The maximum absolute atomic E-state index is 13.3. The van der Waals surface area contributed by atoms with Crippen LogP contribution >= 0.6 is 0 Å². The minimum Gasteiger partial charge on any atom is -0.328 e. The highest BCUT2D eigenvalue weighted by Crippen LogP contribution is 2.43. The Bertz CT molecular complexity index is 1080. The van der Waals surface area contributed by atoms with E-state index >= 15 is 0 Å². The Morgan fingerprint density at radius 2 is 1.93 bits per heavy atom. The van der Waals surface area contributed by atoms with Crippen molar-refractivity contribution >= 4 is 11.7 Å². The van der Waals surface area contributed by atoms with E-state index in [1.54, 1.807) is 17.1 Å². The lowest BCUT2D eigenvalue weighted by molar-refractivity contribution is -0.116. The number of Topliss-reactive ketones (excluding diaryl/α,β-unsaturated/α-hetero) is 1. The number of carbonyl (C=O) groups is 1. The average molecular weight is 385 g/mol. The lowest BCUT2D eigenvalue weighted by Gasteiger charge is -2.35. The lowest BCUT2D eigenvalue weighted by Crippen LogP contribution is -2.33. The molecule has 0 amide bonds. The largest absolute Gasteiger partial charge is 0.328 e. The van der Waals surface area contributed by atoms with Gasteiger partial charge in [-0.2, -0.15) is 10.1 Å². The molecule has 0 saturated heterocycles. The number of fused-ring (bicyclic) bond motifs is 1. The number of hydrogen-bond donors (Lipinski definition) is 1. The Labute approximate surface area is 169 Å². The van der Waals surface area contributed by atoms with Crippen LogP contribution < -0.4 is 5.32 Å². The van der Waals surface area contributed by atoms with Gasteiger partial charge in [-0.05, 0) is 41.0 Å². The monoisotopic (exact) mass is 385 g/mol. The summed E-state index contributed by atoms with van der Waals surface area (Å²) in [6.45, 7) is 4.38. The van der Waals surface area contributed by atoms with Gasteiger partial charge in [0.2, 0.25) is 5.95 Å². The van der Waals surface area contributed by atoms with E-state index in [0.29, 0.717) is 18.3 Å². The van der Waals surface area contributed by atoms with E-state index in [-0.39, 0.29) is 17.7 Å². The molecule has 2 aliphatic rings. The normalized spacial score (nSPS) is 21.0. The molecule has 0 bridgehead atoms. The first-order chi connectivity index (χ1) is 14.1. The van der Waals surface area contributed by atoms with Crippen LogP contribution in [0.1, 0.15) is 61.3 Å². The molecule has 1 aliphatic carbocycles. The van der Waals surface area contributed by atoms with Gasteiger partial charge in [0.1, 0.15) is 12.4 Å². The predicted molar refractivity (Wildman–Crippen MR) is 111 cm³/mol. The second-order valence-electron chi connectivity index (χ2n) is 8.08. The number of nitrogens with one attached hydrogen (secondary N) is 1. The van der Waals surface area contributed by atoms with Gasteiger partial charge < -0.3 is 5.32 Å². The van der Waals surface area contributed by atoms with Crippen LogP contribution in [0.2, 0.25) is 0 Å². The molecule has 146 valence electrons. The Morgan fingerprint density at radius 1 is 1.10 bits per heavy atom. The van der Waals surface area contributed by atoms with Gasteiger partial charge in [0.25, 0.3) is 0 Å². The fraction of sp³-hybridized carbons (Fsp3) is 0.304. The zero-order chi connectivity index (χ0) is 20.0. The number of carbonyl (C=O) groups excluding carboxylic acids is 1. The first-order valence-electron chi connectivity index (χ1n) is 10.0. The minimum atomic E-state index is -0.283. The maximum atomic E-state index is 13.3. The summed E-state index contributed by atoms with van der Waals surface area (Å²) >= 11 is 0. The Balaban J connectivity index is 1.53. The van der Waals surface area contributed by atoms with E-state index in [1.807, 2.05) is 12.1 Å². The van der Waals surface area contributed by atoms with Crippen LogP contribution in [0.15, 0.2) is 66.4 Å². The summed E-state index contributed by atoms with van der Waals surface area (Å²) in [6, 6.07) is 12.3. The maximum Gasteiger partial charge on any atom is 0.226 e. The molecule has 6 heteroatoms. The van der Waals surface area contributed by atoms with Crippen LogP contribution in [0.4, 0.5) is 5.95 Å². The van der Waals surface area contributed by atoms with E-state index < -0.39 is 0 Å². The van der Waals surface area contributed by atoms with Crippen molar-refractivity contribution < 1.29 is 4.79 Å². The number of aromatic nitrogens is 4. The van der Waals surface area contributed by atoms with E-state index in [4.69, 9.17) is 0 Å². The third-order valence-electron chi connectivity index (χ3n) is 5.94. The molecule has 1 aromatic carbocycles. The van der Waals surface area contributed by atoms with Crippen molar-refractivity contribution in [2.24, 2.45) is 0 Å². The molecular weight excluding hydrogens is 362 g/mol. The summed E-state index contributed by atoms with van der Waals surface area (Å²) in [5.74, 6) is 1.49. The summed E-state index contributed by atoms with van der Waals surface area (Å²) in [4.78, 5) is 21.9. The highest BCUT2D eigenvalue weighted by atomic mass is 16.1. The fourth-order valence-corrected chi connectivity index (χ4v) is 4.39. The van der Waals surface area contributed by atoms with Crippen molar-refractivity contribution in [3.05, 3.63) is 83.1 Å². The summed E-state index contributed by atoms with van der Waals surface area (Å²) in [5.41, 5.74) is 5.21. The molecule has 3 aromatic rings. The number of benzene rings is 1. The molecule has 2 atom stereocenters. The number of nitrogens with zero attached hydrogens (tertiary/aromatic N) is 4. The van der Waals surface area contributed by atoms with Gasteiger partial charge in [-0.25, -0.2) is 4.68 Å². The lowest BCUT2D eigenvalue weighted by atomic mass is 9.78. The van der Waals surface area contributed by atoms with Crippen molar-refractivity contribution in [1.29, 1.82) is 0 Å². The number of allylic oxidation sites excluding steroid dienone is 2. The van der Waals surface area contributed by atoms with Crippen LogP contribution in [0.5, 0.6) is 0 Å². The zero-order valence-corrected chi connectivity index (χ0v) is 16.5. The van der Waals surface area contributed by atoms with E-state index in [0.717, 1.165) is 23.3 Å². The molecule has 0 fully saturated rings. The van der Waals surface area contributed by atoms with Gasteiger partial charge in [-0.3, -0.25) is 9.78 Å².